The van der Waals surface area contributed by atoms with E-state index in [2.05, 4.69) is 31.5 Å². The van der Waals surface area contributed by atoms with E-state index in [1.165, 1.54) is 12.1 Å². The summed E-state index contributed by atoms with van der Waals surface area (Å²) >= 11 is 0. The lowest BCUT2D eigenvalue weighted by molar-refractivity contribution is -0.0594. The molecule has 1 aromatic carbocycles. The van der Waals surface area contributed by atoms with Crippen LogP contribution in [0.1, 0.15) is 41.3 Å². The molecule has 0 saturated carbocycles. The maximum absolute atomic E-state index is 14.3. The van der Waals surface area contributed by atoms with E-state index in [1.54, 1.807) is 24.3 Å². The first-order valence-electron chi connectivity index (χ1n) is 13.9. The topological polar surface area (TPSA) is 110 Å². The first kappa shape index (κ1) is 27.6. The number of carboxylic acids is 1. The Morgan fingerprint density at radius 3 is 2.67 bits per heavy atom. The van der Waals surface area contributed by atoms with Gasteiger partial charge in [0.15, 0.2) is 17.0 Å². The largest absolute Gasteiger partial charge is 0.477 e. The molecule has 0 aliphatic carbocycles. The normalized spacial score (nSPS) is 17.9. The highest BCUT2D eigenvalue weighted by Gasteiger charge is 2.29. The van der Waals surface area contributed by atoms with E-state index in [1.807, 2.05) is 16.7 Å². The Morgan fingerprint density at radius 2 is 1.98 bits per heavy atom. The first-order valence-corrected chi connectivity index (χ1v) is 13.9. The molecule has 4 aromatic rings. The van der Waals surface area contributed by atoms with Gasteiger partial charge in [0.25, 0.3) is 0 Å². The molecule has 0 amide bonds. The van der Waals surface area contributed by atoms with Gasteiger partial charge in [0, 0.05) is 44.4 Å². The summed E-state index contributed by atoms with van der Waals surface area (Å²) in [6.45, 7) is 13.5. The number of fused-ring (bicyclic) bond motifs is 1. The van der Waals surface area contributed by atoms with Crippen LogP contribution in [0.15, 0.2) is 48.5 Å². The molecular weight excluding hydrogens is 541 g/mol. The van der Waals surface area contributed by atoms with Gasteiger partial charge in [0.05, 0.1) is 25.3 Å². The van der Waals surface area contributed by atoms with Crippen molar-refractivity contribution in [3.05, 3.63) is 82.8 Å². The maximum Gasteiger partial charge on any atom is 0.354 e. The second kappa shape index (κ2) is 11.7. The number of ether oxygens (including phenoxy) is 2. The molecule has 3 aromatic heterocycles. The number of hydrogen-bond acceptors (Lipinski definition) is 8. The van der Waals surface area contributed by atoms with Crippen LogP contribution in [0.2, 0.25) is 0 Å². The number of aromatic nitrogens is 4. The SMILES string of the molecule is [C-]#[N+]c1ccc(COc2cccc(N3CCN([C@@H](C)c4nc5ccc(C(=O)O)nc5n4C[C@@H]4CCO4)CC3)n2)c(F)c1. The summed E-state index contributed by atoms with van der Waals surface area (Å²) in [5.74, 6) is 0.479. The lowest BCUT2D eigenvalue weighted by atomic mass is 10.1. The fourth-order valence-corrected chi connectivity index (χ4v) is 5.31. The van der Waals surface area contributed by atoms with E-state index in [0.717, 1.165) is 50.8 Å². The number of hydrogen-bond donors (Lipinski definition) is 1. The summed E-state index contributed by atoms with van der Waals surface area (Å²) in [5.41, 5.74) is 1.84. The molecule has 2 fully saturated rings. The Bertz CT molecular complexity index is 1660. The summed E-state index contributed by atoms with van der Waals surface area (Å²) in [4.78, 5) is 33.3. The highest BCUT2D eigenvalue weighted by atomic mass is 19.1. The zero-order chi connectivity index (χ0) is 29.2. The van der Waals surface area contributed by atoms with Crippen LogP contribution in [0.4, 0.5) is 15.9 Å². The molecule has 2 aliphatic heterocycles. The minimum absolute atomic E-state index is 0.00663. The van der Waals surface area contributed by atoms with E-state index >= 15 is 0 Å². The van der Waals surface area contributed by atoms with Crippen molar-refractivity contribution in [2.45, 2.75) is 38.6 Å². The van der Waals surface area contributed by atoms with E-state index in [0.29, 0.717) is 29.2 Å². The quantitative estimate of drug-likeness (QED) is 0.291. The number of rotatable bonds is 9. The smallest absolute Gasteiger partial charge is 0.354 e. The molecule has 0 bridgehead atoms. The van der Waals surface area contributed by atoms with Crippen molar-refractivity contribution >= 4 is 28.6 Å². The van der Waals surface area contributed by atoms with Crippen LogP contribution >= 0.6 is 0 Å². The molecule has 1 N–H and O–H groups in total. The Labute approximate surface area is 242 Å². The van der Waals surface area contributed by atoms with Crippen LogP contribution in [-0.4, -0.2) is 74.4 Å². The second-order valence-corrected chi connectivity index (χ2v) is 10.4. The molecule has 2 atom stereocenters. The number of benzene rings is 1. The van der Waals surface area contributed by atoms with Gasteiger partial charge in [-0.05, 0) is 37.6 Å². The van der Waals surface area contributed by atoms with Crippen LogP contribution in [0.5, 0.6) is 5.88 Å². The number of anilines is 1. The van der Waals surface area contributed by atoms with Gasteiger partial charge < -0.3 is 24.0 Å². The summed E-state index contributed by atoms with van der Waals surface area (Å²) in [6, 6.07) is 13.1. The van der Waals surface area contributed by atoms with Crippen LogP contribution in [0, 0.1) is 12.4 Å². The number of imidazole rings is 1. The highest BCUT2D eigenvalue weighted by Crippen LogP contribution is 2.28. The molecule has 0 radical (unpaired) electrons. The lowest BCUT2D eigenvalue weighted by Gasteiger charge is -2.38. The monoisotopic (exact) mass is 571 g/mol. The predicted molar refractivity (Wildman–Crippen MR) is 152 cm³/mol. The van der Waals surface area contributed by atoms with Crippen molar-refractivity contribution in [1.29, 1.82) is 0 Å². The summed E-state index contributed by atoms with van der Waals surface area (Å²) in [7, 11) is 0. The first-order chi connectivity index (χ1) is 20.4. The van der Waals surface area contributed by atoms with Crippen LogP contribution in [0.3, 0.4) is 0 Å². The summed E-state index contributed by atoms with van der Waals surface area (Å²) in [5, 5.41) is 9.47. The lowest BCUT2D eigenvalue weighted by Crippen LogP contribution is -2.48. The van der Waals surface area contributed by atoms with Gasteiger partial charge in [-0.15, -0.1) is 0 Å². The highest BCUT2D eigenvalue weighted by molar-refractivity contribution is 5.88. The second-order valence-electron chi connectivity index (χ2n) is 10.4. The maximum atomic E-state index is 14.3. The van der Waals surface area contributed by atoms with Crippen molar-refractivity contribution in [1.82, 2.24) is 24.4 Å². The van der Waals surface area contributed by atoms with Crippen molar-refractivity contribution in [3.63, 3.8) is 0 Å². The number of pyridine rings is 2. The Balaban J connectivity index is 1.13. The van der Waals surface area contributed by atoms with Crippen LogP contribution in [0.25, 0.3) is 16.0 Å². The minimum Gasteiger partial charge on any atom is -0.477 e. The van der Waals surface area contributed by atoms with Gasteiger partial charge in [-0.1, -0.05) is 18.2 Å². The predicted octanol–water partition coefficient (Wildman–Crippen LogP) is 4.47. The number of halogens is 1. The molecule has 42 heavy (non-hydrogen) atoms. The van der Waals surface area contributed by atoms with Crippen molar-refractivity contribution in [2.75, 3.05) is 37.7 Å². The molecule has 0 spiro atoms. The number of nitrogens with zero attached hydrogens (tertiary/aromatic N) is 7. The third-order valence-electron chi connectivity index (χ3n) is 7.83. The standard InChI is InChI=1S/C30H30FN7O4/c1-19(28-33-24-8-9-25(30(39)40)34-29(24)38(28)17-22-10-15-41-22)36-11-13-37(14-12-36)26-4-3-5-27(35-26)42-18-20-6-7-21(32-2)16-23(20)31/h3-9,16,19,22H,10-15,17-18H2,1H3,(H,39,40)/t19-,22-/m0/s1. The van der Waals surface area contributed by atoms with Crippen molar-refractivity contribution in [2.24, 2.45) is 0 Å². The molecular formula is C30H30FN7O4. The van der Waals surface area contributed by atoms with Gasteiger partial charge >= 0.3 is 5.97 Å². The molecule has 0 unspecified atom stereocenters. The molecule has 11 nitrogen and oxygen atoms in total. The number of carbonyl (C=O) groups is 1. The number of aromatic carboxylic acids is 1. The van der Waals surface area contributed by atoms with E-state index < -0.39 is 11.8 Å². The fraction of sp³-hybridized carbons (Fsp3) is 0.367. The van der Waals surface area contributed by atoms with E-state index in [4.69, 9.17) is 21.0 Å². The Hall–Kier alpha value is -4.60. The van der Waals surface area contributed by atoms with Gasteiger partial charge in [-0.3, -0.25) is 4.90 Å². The number of piperazine rings is 1. The molecule has 2 aliphatic rings. The fourth-order valence-electron chi connectivity index (χ4n) is 5.31. The van der Waals surface area contributed by atoms with Gasteiger partial charge in [0.2, 0.25) is 5.88 Å². The third-order valence-corrected chi connectivity index (χ3v) is 7.83. The number of carboxylic acid groups (broad SMARTS) is 1. The van der Waals surface area contributed by atoms with Crippen LogP contribution in [-0.2, 0) is 17.9 Å². The van der Waals surface area contributed by atoms with Crippen LogP contribution < -0.4 is 9.64 Å². The van der Waals surface area contributed by atoms with Gasteiger partial charge in [0.1, 0.15) is 29.6 Å². The Morgan fingerprint density at radius 1 is 1.17 bits per heavy atom. The molecule has 216 valence electrons. The Kier molecular flexibility index (Phi) is 7.69. The average molecular weight is 572 g/mol. The molecule has 6 rings (SSSR count). The minimum atomic E-state index is -1.07. The zero-order valence-corrected chi connectivity index (χ0v) is 23.1. The molecule has 2 saturated heterocycles. The average Bonchev–Trinajstić information content (AvgIpc) is 3.35. The summed E-state index contributed by atoms with van der Waals surface area (Å²) < 4.78 is 27.7. The molecule has 5 heterocycles. The van der Waals surface area contributed by atoms with E-state index in [-0.39, 0.29) is 30.1 Å². The zero-order valence-electron chi connectivity index (χ0n) is 23.1. The van der Waals surface area contributed by atoms with Gasteiger partial charge in [-0.2, -0.15) is 4.98 Å². The van der Waals surface area contributed by atoms with E-state index in [9.17, 15) is 14.3 Å². The summed E-state index contributed by atoms with van der Waals surface area (Å²) in [6.07, 6.45) is 1.01. The van der Waals surface area contributed by atoms with Gasteiger partial charge in [-0.25, -0.2) is 24.0 Å². The molecule has 12 heteroatoms. The van der Waals surface area contributed by atoms with Crippen molar-refractivity contribution < 1.29 is 23.8 Å². The van der Waals surface area contributed by atoms with Crippen molar-refractivity contribution in [3.8, 4) is 5.88 Å². The third kappa shape index (κ3) is 5.61.